The third kappa shape index (κ3) is 0.950. The molecule has 1 aliphatic rings. The van der Waals surface area contributed by atoms with E-state index in [4.69, 9.17) is 5.73 Å². The Morgan fingerprint density at radius 3 is 2.92 bits per heavy atom. The minimum absolute atomic E-state index is 0.0238. The summed E-state index contributed by atoms with van der Waals surface area (Å²) in [5.41, 5.74) is 7.70. The molecule has 2 heteroatoms. The molecule has 12 heavy (non-hydrogen) atoms. The summed E-state index contributed by atoms with van der Waals surface area (Å²) in [6, 6.07) is 5.18. The Bertz CT molecular complexity index is 309. The van der Waals surface area contributed by atoms with Crippen LogP contribution in [0, 0.1) is 11.7 Å². The van der Waals surface area contributed by atoms with Crippen molar-refractivity contribution in [1.29, 1.82) is 0 Å². The van der Waals surface area contributed by atoms with Crippen molar-refractivity contribution in [3.8, 4) is 0 Å². The van der Waals surface area contributed by atoms with Gasteiger partial charge in [0.05, 0.1) is 0 Å². The van der Waals surface area contributed by atoms with E-state index in [0.29, 0.717) is 5.92 Å². The average molecular weight is 165 g/mol. The summed E-state index contributed by atoms with van der Waals surface area (Å²) in [4.78, 5) is 0. The smallest absolute Gasteiger partial charge is 0.126 e. The highest BCUT2D eigenvalue weighted by atomic mass is 19.1. The van der Waals surface area contributed by atoms with E-state index >= 15 is 0 Å². The standard InChI is InChI=1S/C10H12FN/c1-6-5-8-7(10(6)12)3-2-4-9(8)11/h2-4,6,10H,5,12H2,1H3. The van der Waals surface area contributed by atoms with Gasteiger partial charge < -0.3 is 5.73 Å². The fourth-order valence-electron chi connectivity index (χ4n) is 1.86. The fraction of sp³-hybridized carbons (Fsp3) is 0.400. The van der Waals surface area contributed by atoms with Gasteiger partial charge in [-0.3, -0.25) is 0 Å². The maximum Gasteiger partial charge on any atom is 0.126 e. The Morgan fingerprint density at radius 2 is 2.25 bits per heavy atom. The molecule has 0 heterocycles. The number of hydrogen-bond donors (Lipinski definition) is 1. The summed E-state index contributed by atoms with van der Waals surface area (Å²) >= 11 is 0. The zero-order valence-electron chi connectivity index (χ0n) is 7.05. The Kier molecular flexibility index (Phi) is 1.65. The minimum atomic E-state index is -0.104. The number of hydrogen-bond acceptors (Lipinski definition) is 1. The average Bonchev–Trinajstić information content (AvgIpc) is 2.32. The summed E-state index contributed by atoms with van der Waals surface area (Å²) in [5.74, 6) is 0.268. The molecular formula is C10H12FN. The SMILES string of the molecule is CC1Cc2c(F)cccc2C1N. The molecule has 0 aliphatic heterocycles. The first-order chi connectivity index (χ1) is 5.70. The van der Waals surface area contributed by atoms with Crippen molar-refractivity contribution in [1.82, 2.24) is 0 Å². The fourth-order valence-corrected chi connectivity index (χ4v) is 1.86. The summed E-state index contributed by atoms with van der Waals surface area (Å²) in [6.07, 6.45) is 0.781. The lowest BCUT2D eigenvalue weighted by atomic mass is 10.0. The number of fused-ring (bicyclic) bond motifs is 1. The monoisotopic (exact) mass is 165 g/mol. The van der Waals surface area contributed by atoms with Crippen LogP contribution < -0.4 is 5.73 Å². The first kappa shape index (κ1) is 7.74. The van der Waals surface area contributed by atoms with E-state index in [-0.39, 0.29) is 11.9 Å². The van der Waals surface area contributed by atoms with Crippen LogP contribution in [-0.2, 0) is 6.42 Å². The molecule has 0 radical (unpaired) electrons. The van der Waals surface area contributed by atoms with Gasteiger partial charge in [0, 0.05) is 6.04 Å². The molecule has 2 rings (SSSR count). The molecule has 0 saturated carbocycles. The molecule has 1 aromatic rings. The van der Waals surface area contributed by atoms with Crippen LogP contribution in [-0.4, -0.2) is 0 Å². The van der Waals surface area contributed by atoms with E-state index in [2.05, 4.69) is 6.92 Å². The second-order valence-corrected chi connectivity index (χ2v) is 3.51. The summed E-state index contributed by atoms with van der Waals surface area (Å²) in [5, 5.41) is 0. The maximum atomic E-state index is 13.2. The molecule has 0 bridgehead atoms. The molecule has 0 spiro atoms. The van der Waals surface area contributed by atoms with Crippen LogP contribution in [0.4, 0.5) is 4.39 Å². The van der Waals surface area contributed by atoms with Gasteiger partial charge in [0.1, 0.15) is 5.82 Å². The van der Waals surface area contributed by atoms with Gasteiger partial charge in [0.15, 0.2) is 0 Å². The van der Waals surface area contributed by atoms with Gasteiger partial charge in [-0.25, -0.2) is 4.39 Å². The molecule has 1 nitrogen and oxygen atoms in total. The van der Waals surface area contributed by atoms with Crippen molar-refractivity contribution in [2.24, 2.45) is 11.7 Å². The van der Waals surface area contributed by atoms with Crippen LogP contribution in [0.5, 0.6) is 0 Å². The third-order valence-corrected chi connectivity index (χ3v) is 2.65. The molecule has 1 aromatic carbocycles. The van der Waals surface area contributed by atoms with E-state index in [0.717, 1.165) is 17.5 Å². The van der Waals surface area contributed by atoms with Gasteiger partial charge in [-0.05, 0) is 29.5 Å². The first-order valence-electron chi connectivity index (χ1n) is 4.23. The Balaban J connectivity index is 2.53. The summed E-state index contributed by atoms with van der Waals surface area (Å²) in [7, 11) is 0. The molecule has 2 atom stereocenters. The predicted octanol–water partition coefficient (Wildman–Crippen LogP) is 2.02. The molecule has 0 saturated heterocycles. The number of benzene rings is 1. The van der Waals surface area contributed by atoms with E-state index < -0.39 is 0 Å². The topological polar surface area (TPSA) is 26.0 Å². The second-order valence-electron chi connectivity index (χ2n) is 3.51. The van der Waals surface area contributed by atoms with E-state index in [1.807, 2.05) is 6.07 Å². The predicted molar refractivity (Wildman–Crippen MR) is 46.2 cm³/mol. The number of rotatable bonds is 0. The van der Waals surface area contributed by atoms with E-state index in [1.54, 1.807) is 6.07 Å². The first-order valence-corrected chi connectivity index (χ1v) is 4.23. The lowest BCUT2D eigenvalue weighted by Gasteiger charge is -2.08. The van der Waals surface area contributed by atoms with Crippen LogP contribution in [0.15, 0.2) is 18.2 Å². The lowest BCUT2D eigenvalue weighted by Crippen LogP contribution is -2.13. The third-order valence-electron chi connectivity index (χ3n) is 2.65. The Hall–Kier alpha value is -0.890. The zero-order valence-corrected chi connectivity index (χ0v) is 7.05. The van der Waals surface area contributed by atoms with Gasteiger partial charge >= 0.3 is 0 Å². The quantitative estimate of drug-likeness (QED) is 0.625. The van der Waals surface area contributed by atoms with Crippen LogP contribution in [0.25, 0.3) is 0 Å². The highest BCUT2D eigenvalue weighted by molar-refractivity contribution is 5.36. The van der Waals surface area contributed by atoms with Crippen LogP contribution in [0.3, 0.4) is 0 Å². The van der Waals surface area contributed by atoms with E-state index in [9.17, 15) is 4.39 Å². The zero-order chi connectivity index (χ0) is 8.72. The van der Waals surface area contributed by atoms with E-state index in [1.165, 1.54) is 6.07 Å². The highest BCUT2D eigenvalue weighted by Gasteiger charge is 2.27. The lowest BCUT2D eigenvalue weighted by molar-refractivity contribution is 0.509. The number of halogens is 1. The van der Waals surface area contributed by atoms with Crippen molar-refractivity contribution < 1.29 is 4.39 Å². The molecule has 64 valence electrons. The van der Waals surface area contributed by atoms with Crippen molar-refractivity contribution in [3.63, 3.8) is 0 Å². The molecule has 0 aromatic heterocycles. The van der Waals surface area contributed by atoms with Crippen molar-refractivity contribution >= 4 is 0 Å². The Labute approximate surface area is 71.4 Å². The molecular weight excluding hydrogens is 153 g/mol. The van der Waals surface area contributed by atoms with Gasteiger partial charge in [0.2, 0.25) is 0 Å². The normalized spacial score (nSPS) is 27.2. The van der Waals surface area contributed by atoms with Gasteiger partial charge in [-0.15, -0.1) is 0 Å². The highest BCUT2D eigenvalue weighted by Crippen LogP contribution is 2.34. The van der Waals surface area contributed by atoms with Gasteiger partial charge in [-0.2, -0.15) is 0 Å². The van der Waals surface area contributed by atoms with Gasteiger partial charge in [0.25, 0.3) is 0 Å². The molecule has 0 amide bonds. The van der Waals surface area contributed by atoms with Crippen LogP contribution in [0.2, 0.25) is 0 Å². The largest absolute Gasteiger partial charge is 0.324 e. The van der Waals surface area contributed by atoms with Crippen molar-refractivity contribution in [2.75, 3.05) is 0 Å². The van der Waals surface area contributed by atoms with Crippen LogP contribution >= 0.6 is 0 Å². The van der Waals surface area contributed by atoms with Crippen LogP contribution in [0.1, 0.15) is 24.1 Å². The second kappa shape index (κ2) is 2.56. The minimum Gasteiger partial charge on any atom is -0.324 e. The maximum absolute atomic E-state index is 13.2. The molecule has 1 aliphatic carbocycles. The number of nitrogens with two attached hydrogens (primary N) is 1. The van der Waals surface area contributed by atoms with Crippen molar-refractivity contribution in [2.45, 2.75) is 19.4 Å². The molecule has 2 unspecified atom stereocenters. The molecule has 2 N–H and O–H groups in total. The molecule has 0 fully saturated rings. The summed E-state index contributed by atoms with van der Waals surface area (Å²) < 4.78 is 13.2. The Morgan fingerprint density at radius 1 is 1.50 bits per heavy atom. The van der Waals surface area contributed by atoms with Crippen molar-refractivity contribution in [3.05, 3.63) is 35.1 Å². The van der Waals surface area contributed by atoms with Gasteiger partial charge in [-0.1, -0.05) is 19.1 Å². The summed E-state index contributed by atoms with van der Waals surface area (Å²) in [6.45, 7) is 2.06.